The van der Waals surface area contributed by atoms with Crippen molar-refractivity contribution in [1.29, 1.82) is 0 Å². The van der Waals surface area contributed by atoms with E-state index in [4.69, 9.17) is 23.8 Å². The molecular formula is C15H19Cl2N3S. The van der Waals surface area contributed by atoms with Gasteiger partial charge >= 0.3 is 0 Å². The topological polar surface area (TPSA) is 24.0 Å². The molecule has 3 nitrogen and oxygen atoms in total. The minimum absolute atomic E-state index is 0. The van der Waals surface area contributed by atoms with Crippen molar-refractivity contribution in [3.8, 4) is 0 Å². The fourth-order valence-corrected chi connectivity index (χ4v) is 3.41. The third kappa shape index (κ3) is 2.90. The van der Waals surface area contributed by atoms with Crippen molar-refractivity contribution in [3.05, 3.63) is 39.6 Å². The van der Waals surface area contributed by atoms with Gasteiger partial charge in [-0.1, -0.05) is 23.8 Å². The molecule has 114 valence electrons. The van der Waals surface area contributed by atoms with Crippen LogP contribution in [-0.4, -0.2) is 27.0 Å². The van der Waals surface area contributed by atoms with Crippen LogP contribution >= 0.6 is 36.2 Å². The van der Waals surface area contributed by atoms with Gasteiger partial charge < -0.3 is 9.55 Å². The highest BCUT2D eigenvalue weighted by molar-refractivity contribution is 7.71. The predicted molar refractivity (Wildman–Crippen MR) is 94.1 cm³/mol. The molecule has 6 heteroatoms. The van der Waals surface area contributed by atoms with E-state index in [0.717, 1.165) is 51.6 Å². The quantitative estimate of drug-likeness (QED) is 0.638. The third-order valence-electron chi connectivity index (χ3n) is 3.89. The third-order valence-corrected chi connectivity index (χ3v) is 4.56. The summed E-state index contributed by atoms with van der Waals surface area (Å²) in [6.07, 6.45) is 0. The maximum atomic E-state index is 6.43. The van der Waals surface area contributed by atoms with Crippen molar-refractivity contribution in [1.82, 2.24) is 14.5 Å². The largest absolute Gasteiger partial charge is 0.331 e. The SMILES string of the molecule is C=C(C)CN1Cc2c(Cl)ccc3[nH]c(=S)n(c23)C[C@@H]1C.Cl. The number of imidazole rings is 1. The Bertz CT molecular complexity index is 747. The number of aromatic amines is 1. The van der Waals surface area contributed by atoms with E-state index in [9.17, 15) is 0 Å². The van der Waals surface area contributed by atoms with Crippen LogP contribution in [0.1, 0.15) is 19.4 Å². The van der Waals surface area contributed by atoms with E-state index < -0.39 is 0 Å². The first-order chi connectivity index (χ1) is 9.47. The van der Waals surface area contributed by atoms with E-state index in [1.807, 2.05) is 12.1 Å². The average Bonchev–Trinajstić information content (AvgIpc) is 2.59. The molecule has 1 N–H and O–H groups in total. The van der Waals surface area contributed by atoms with E-state index in [2.05, 4.69) is 34.9 Å². The summed E-state index contributed by atoms with van der Waals surface area (Å²) in [5.74, 6) is 0. The zero-order chi connectivity index (χ0) is 14.4. The molecule has 0 fully saturated rings. The molecular weight excluding hydrogens is 325 g/mol. The van der Waals surface area contributed by atoms with Crippen LogP contribution < -0.4 is 0 Å². The number of hydrogen-bond donors (Lipinski definition) is 1. The maximum Gasteiger partial charge on any atom is 0.178 e. The molecule has 0 radical (unpaired) electrons. The predicted octanol–water partition coefficient (Wildman–Crippen LogP) is 4.55. The number of benzene rings is 1. The van der Waals surface area contributed by atoms with Crippen LogP contribution in [0.15, 0.2) is 24.3 Å². The fraction of sp³-hybridized carbons (Fsp3) is 0.400. The van der Waals surface area contributed by atoms with Crippen molar-refractivity contribution in [3.63, 3.8) is 0 Å². The normalized spacial score (nSPS) is 18.3. The minimum Gasteiger partial charge on any atom is -0.331 e. The molecule has 21 heavy (non-hydrogen) atoms. The zero-order valence-electron chi connectivity index (χ0n) is 12.1. The molecule has 0 spiro atoms. The molecule has 1 aromatic carbocycles. The lowest BCUT2D eigenvalue weighted by molar-refractivity contribution is 0.206. The number of halogens is 2. The second kappa shape index (κ2) is 6.13. The Labute approximate surface area is 141 Å². The first-order valence-corrected chi connectivity index (χ1v) is 7.54. The van der Waals surface area contributed by atoms with Crippen LogP contribution in [0.4, 0.5) is 0 Å². The van der Waals surface area contributed by atoms with Crippen LogP contribution in [0.3, 0.4) is 0 Å². The Morgan fingerprint density at radius 3 is 2.90 bits per heavy atom. The van der Waals surface area contributed by atoms with Crippen LogP contribution in [0.2, 0.25) is 5.02 Å². The molecule has 2 aromatic rings. The Morgan fingerprint density at radius 2 is 2.24 bits per heavy atom. The smallest absolute Gasteiger partial charge is 0.178 e. The number of nitrogens with zero attached hydrogens (tertiary/aromatic N) is 2. The minimum atomic E-state index is 0. The van der Waals surface area contributed by atoms with Gasteiger partial charge in [-0.05, 0) is 38.2 Å². The number of H-pyrrole nitrogens is 1. The fourth-order valence-electron chi connectivity index (χ4n) is 2.93. The number of nitrogens with one attached hydrogen (secondary N) is 1. The lowest BCUT2D eigenvalue weighted by Crippen LogP contribution is -2.35. The van der Waals surface area contributed by atoms with Crippen LogP contribution in [-0.2, 0) is 13.1 Å². The van der Waals surface area contributed by atoms with Crippen LogP contribution in [0, 0.1) is 4.77 Å². The standard InChI is InChI=1S/C15H18ClN3S.ClH/c1-9(2)6-18-8-11-12(16)4-5-13-14(11)19(7-10(18)3)15(20)17-13;/h4-5,10H,1,6-8H2,2-3H3,(H,17,20);1H/t10-;/m0./s1. The van der Waals surface area contributed by atoms with Gasteiger partial charge in [0.1, 0.15) is 0 Å². The van der Waals surface area contributed by atoms with Gasteiger partial charge in [0, 0.05) is 36.3 Å². The number of aromatic nitrogens is 2. The second-order valence-electron chi connectivity index (χ2n) is 5.67. The summed E-state index contributed by atoms with van der Waals surface area (Å²) in [6.45, 7) is 10.9. The van der Waals surface area contributed by atoms with Gasteiger partial charge in [-0.25, -0.2) is 0 Å². The summed E-state index contributed by atoms with van der Waals surface area (Å²) in [7, 11) is 0. The Balaban J connectivity index is 0.00000161. The van der Waals surface area contributed by atoms with Gasteiger partial charge in [0.25, 0.3) is 0 Å². The lowest BCUT2D eigenvalue weighted by atomic mass is 10.1. The summed E-state index contributed by atoms with van der Waals surface area (Å²) < 4.78 is 2.95. The van der Waals surface area contributed by atoms with Crippen LogP contribution in [0.25, 0.3) is 11.0 Å². The van der Waals surface area contributed by atoms with Crippen molar-refractivity contribution in [2.45, 2.75) is 33.0 Å². The molecule has 1 aliphatic rings. The summed E-state index contributed by atoms with van der Waals surface area (Å²) in [4.78, 5) is 5.68. The summed E-state index contributed by atoms with van der Waals surface area (Å²) >= 11 is 11.9. The Hall–Kier alpha value is -0.810. The molecule has 1 aliphatic heterocycles. The van der Waals surface area contributed by atoms with Gasteiger partial charge in [0.05, 0.1) is 11.0 Å². The van der Waals surface area contributed by atoms with Gasteiger partial charge in [-0.3, -0.25) is 4.90 Å². The van der Waals surface area contributed by atoms with E-state index >= 15 is 0 Å². The van der Waals surface area contributed by atoms with Gasteiger partial charge in [-0.15, -0.1) is 12.4 Å². The Kier molecular flexibility index (Phi) is 4.83. The van der Waals surface area contributed by atoms with E-state index in [1.54, 1.807) is 0 Å². The lowest BCUT2D eigenvalue weighted by Gasteiger charge is -2.27. The Morgan fingerprint density at radius 1 is 1.52 bits per heavy atom. The molecule has 0 bridgehead atoms. The van der Waals surface area contributed by atoms with Crippen molar-refractivity contribution in [2.24, 2.45) is 0 Å². The molecule has 2 heterocycles. The number of hydrogen-bond acceptors (Lipinski definition) is 2. The van der Waals surface area contributed by atoms with Gasteiger partial charge in [0.15, 0.2) is 4.77 Å². The van der Waals surface area contributed by atoms with Crippen molar-refractivity contribution in [2.75, 3.05) is 6.54 Å². The van der Waals surface area contributed by atoms with Crippen molar-refractivity contribution < 1.29 is 0 Å². The highest BCUT2D eigenvalue weighted by atomic mass is 35.5. The van der Waals surface area contributed by atoms with Gasteiger partial charge in [0.2, 0.25) is 0 Å². The monoisotopic (exact) mass is 343 g/mol. The molecule has 0 saturated heterocycles. The van der Waals surface area contributed by atoms with Crippen molar-refractivity contribution >= 4 is 47.3 Å². The number of rotatable bonds is 2. The molecule has 0 unspecified atom stereocenters. The van der Waals surface area contributed by atoms with E-state index in [0.29, 0.717) is 6.04 Å². The average molecular weight is 344 g/mol. The molecule has 0 amide bonds. The van der Waals surface area contributed by atoms with E-state index in [1.165, 1.54) is 0 Å². The molecule has 0 aliphatic carbocycles. The van der Waals surface area contributed by atoms with E-state index in [-0.39, 0.29) is 12.4 Å². The van der Waals surface area contributed by atoms with Gasteiger partial charge in [-0.2, -0.15) is 0 Å². The molecule has 3 rings (SSSR count). The summed E-state index contributed by atoms with van der Waals surface area (Å²) in [5, 5.41) is 0.807. The zero-order valence-corrected chi connectivity index (χ0v) is 14.5. The summed E-state index contributed by atoms with van der Waals surface area (Å²) in [6, 6.07) is 4.34. The molecule has 1 aromatic heterocycles. The maximum absolute atomic E-state index is 6.43. The van der Waals surface area contributed by atoms with Crippen LogP contribution in [0.5, 0.6) is 0 Å². The highest BCUT2D eigenvalue weighted by Gasteiger charge is 2.24. The first kappa shape index (κ1) is 16.6. The summed E-state index contributed by atoms with van der Waals surface area (Å²) in [5.41, 5.74) is 4.54. The first-order valence-electron chi connectivity index (χ1n) is 6.75. The second-order valence-corrected chi connectivity index (χ2v) is 6.47. The highest BCUT2D eigenvalue weighted by Crippen LogP contribution is 2.31. The molecule has 0 saturated carbocycles. The molecule has 1 atom stereocenters.